The van der Waals surface area contributed by atoms with Gasteiger partial charge in [0.25, 0.3) is 0 Å². The van der Waals surface area contributed by atoms with Gasteiger partial charge in [-0.1, -0.05) is 0 Å². The van der Waals surface area contributed by atoms with Gasteiger partial charge in [-0.25, -0.2) is 13.2 Å². The molecular formula is C23H37N3O4S. The minimum absolute atomic E-state index is 0.198. The number of nitrogens with zero attached hydrogens (tertiary/aromatic N) is 2. The third-order valence-electron chi connectivity index (χ3n) is 6.09. The molecule has 0 spiro atoms. The van der Waals surface area contributed by atoms with Crippen LogP contribution in [0.5, 0.6) is 0 Å². The topological polar surface area (TPSA) is 79.0 Å². The molecular weight excluding hydrogens is 414 g/mol. The van der Waals surface area contributed by atoms with Gasteiger partial charge in [0.2, 0.25) is 0 Å². The van der Waals surface area contributed by atoms with Gasteiger partial charge in [0.05, 0.1) is 4.90 Å². The van der Waals surface area contributed by atoms with Crippen molar-refractivity contribution in [2.24, 2.45) is 5.92 Å². The van der Waals surface area contributed by atoms with Crippen LogP contribution in [0.2, 0.25) is 0 Å². The number of hydrogen-bond donors (Lipinski definition) is 1. The number of hydrogen-bond acceptors (Lipinski definition) is 6. The number of carbonyl (C=O) groups excluding carboxylic acids is 1. The van der Waals surface area contributed by atoms with Crippen LogP contribution in [0.15, 0.2) is 29.2 Å². The van der Waals surface area contributed by atoms with Gasteiger partial charge in [-0.05, 0) is 83.2 Å². The molecule has 0 saturated carbocycles. The molecule has 31 heavy (non-hydrogen) atoms. The highest BCUT2D eigenvalue weighted by Crippen LogP contribution is 2.23. The van der Waals surface area contributed by atoms with Gasteiger partial charge in [-0.3, -0.25) is 0 Å². The van der Waals surface area contributed by atoms with Gasteiger partial charge < -0.3 is 19.9 Å². The molecule has 1 N–H and O–H groups in total. The van der Waals surface area contributed by atoms with Crippen molar-refractivity contribution in [2.75, 3.05) is 43.9 Å². The number of anilines is 1. The molecule has 2 heterocycles. The van der Waals surface area contributed by atoms with Crippen LogP contribution < -0.4 is 10.2 Å². The average Bonchev–Trinajstić information content (AvgIpc) is 2.71. The molecule has 8 heteroatoms. The molecule has 0 radical (unpaired) electrons. The normalized spacial score (nSPS) is 19.5. The van der Waals surface area contributed by atoms with Crippen LogP contribution >= 0.6 is 0 Å². The molecule has 1 aromatic carbocycles. The van der Waals surface area contributed by atoms with Crippen LogP contribution in [0.1, 0.15) is 46.5 Å². The Morgan fingerprint density at radius 2 is 1.61 bits per heavy atom. The second-order valence-corrected chi connectivity index (χ2v) is 11.9. The SMILES string of the molecule is CC(C)(C)OC(=O)N1CCC(CNC2CCN(c3ccc(S(C)(=O)=O)cc3)CC2)CC1. The fourth-order valence-corrected chi connectivity index (χ4v) is 4.86. The lowest BCUT2D eigenvalue weighted by molar-refractivity contribution is 0.0183. The Hall–Kier alpha value is -1.80. The quantitative estimate of drug-likeness (QED) is 0.740. The van der Waals surface area contributed by atoms with Gasteiger partial charge in [-0.15, -0.1) is 0 Å². The van der Waals surface area contributed by atoms with Crippen LogP contribution in [-0.2, 0) is 14.6 Å². The molecule has 2 saturated heterocycles. The third-order valence-corrected chi connectivity index (χ3v) is 7.21. The van der Waals surface area contributed by atoms with Gasteiger partial charge in [0.15, 0.2) is 9.84 Å². The second kappa shape index (κ2) is 9.77. The third kappa shape index (κ3) is 7.10. The molecule has 1 aromatic rings. The number of nitrogens with one attached hydrogen (secondary N) is 1. The number of likely N-dealkylation sites (tertiary alicyclic amines) is 1. The van der Waals surface area contributed by atoms with E-state index in [1.54, 1.807) is 12.1 Å². The highest BCUT2D eigenvalue weighted by molar-refractivity contribution is 7.90. The molecule has 1 amide bonds. The van der Waals surface area contributed by atoms with Crippen molar-refractivity contribution in [1.29, 1.82) is 0 Å². The molecule has 0 bridgehead atoms. The predicted octanol–water partition coefficient (Wildman–Crippen LogP) is 3.30. The van der Waals surface area contributed by atoms with E-state index in [2.05, 4.69) is 10.2 Å². The van der Waals surface area contributed by atoms with Crippen molar-refractivity contribution in [3.8, 4) is 0 Å². The number of piperidine rings is 2. The molecule has 2 aliphatic heterocycles. The van der Waals surface area contributed by atoms with Gasteiger partial charge in [-0.2, -0.15) is 0 Å². The maximum absolute atomic E-state index is 12.2. The zero-order chi connectivity index (χ0) is 22.6. The van der Waals surface area contributed by atoms with Gasteiger partial charge in [0, 0.05) is 44.2 Å². The number of benzene rings is 1. The minimum Gasteiger partial charge on any atom is -0.444 e. The van der Waals surface area contributed by atoms with E-state index in [0.717, 1.165) is 64.1 Å². The summed E-state index contributed by atoms with van der Waals surface area (Å²) in [5.74, 6) is 0.597. The number of rotatable bonds is 5. The first kappa shape index (κ1) is 23.9. The number of amides is 1. The van der Waals surface area contributed by atoms with E-state index in [1.807, 2.05) is 37.8 Å². The Morgan fingerprint density at radius 1 is 1.03 bits per heavy atom. The molecule has 0 unspecified atom stereocenters. The molecule has 174 valence electrons. The molecule has 2 fully saturated rings. The molecule has 0 atom stereocenters. The fraction of sp³-hybridized carbons (Fsp3) is 0.696. The Bertz CT molecular complexity index is 833. The average molecular weight is 452 g/mol. The van der Waals surface area contributed by atoms with Crippen LogP contribution in [-0.4, -0.2) is 70.0 Å². The van der Waals surface area contributed by atoms with E-state index in [0.29, 0.717) is 16.9 Å². The summed E-state index contributed by atoms with van der Waals surface area (Å²) in [6.07, 6.45) is 5.21. The van der Waals surface area contributed by atoms with E-state index in [4.69, 9.17) is 4.74 Å². The molecule has 0 aromatic heterocycles. The fourth-order valence-electron chi connectivity index (χ4n) is 4.23. The maximum atomic E-state index is 12.2. The van der Waals surface area contributed by atoms with Crippen molar-refractivity contribution in [3.05, 3.63) is 24.3 Å². The predicted molar refractivity (Wildman–Crippen MR) is 123 cm³/mol. The van der Waals surface area contributed by atoms with Crippen LogP contribution in [0.4, 0.5) is 10.5 Å². The van der Waals surface area contributed by atoms with E-state index in [-0.39, 0.29) is 6.09 Å². The van der Waals surface area contributed by atoms with Gasteiger partial charge in [0.1, 0.15) is 5.60 Å². The maximum Gasteiger partial charge on any atom is 0.410 e. The summed E-state index contributed by atoms with van der Waals surface area (Å²) in [6.45, 7) is 10.2. The summed E-state index contributed by atoms with van der Waals surface area (Å²) >= 11 is 0. The minimum atomic E-state index is -3.15. The number of sulfone groups is 1. The van der Waals surface area contributed by atoms with Crippen molar-refractivity contribution < 1.29 is 17.9 Å². The lowest BCUT2D eigenvalue weighted by Crippen LogP contribution is -2.46. The highest BCUT2D eigenvalue weighted by Gasteiger charge is 2.27. The highest BCUT2D eigenvalue weighted by atomic mass is 32.2. The van der Waals surface area contributed by atoms with E-state index in [1.165, 1.54) is 6.26 Å². The smallest absolute Gasteiger partial charge is 0.410 e. The molecule has 3 rings (SSSR count). The largest absolute Gasteiger partial charge is 0.444 e. The zero-order valence-electron chi connectivity index (χ0n) is 19.3. The Labute approximate surface area is 187 Å². The Morgan fingerprint density at radius 3 is 2.13 bits per heavy atom. The Kier molecular flexibility index (Phi) is 7.52. The monoisotopic (exact) mass is 451 g/mol. The first-order valence-electron chi connectivity index (χ1n) is 11.3. The van der Waals surface area contributed by atoms with Crippen molar-refractivity contribution >= 4 is 21.6 Å². The van der Waals surface area contributed by atoms with Crippen LogP contribution in [0.25, 0.3) is 0 Å². The first-order valence-corrected chi connectivity index (χ1v) is 13.2. The van der Waals surface area contributed by atoms with Crippen molar-refractivity contribution in [1.82, 2.24) is 10.2 Å². The lowest BCUT2D eigenvalue weighted by atomic mass is 9.95. The van der Waals surface area contributed by atoms with E-state index >= 15 is 0 Å². The van der Waals surface area contributed by atoms with Gasteiger partial charge >= 0.3 is 6.09 Å². The first-order chi connectivity index (χ1) is 14.5. The van der Waals surface area contributed by atoms with Crippen LogP contribution in [0, 0.1) is 5.92 Å². The molecule has 7 nitrogen and oxygen atoms in total. The van der Waals surface area contributed by atoms with E-state index < -0.39 is 15.4 Å². The molecule has 0 aliphatic carbocycles. The van der Waals surface area contributed by atoms with Crippen molar-refractivity contribution in [2.45, 2.75) is 63.0 Å². The number of ether oxygens (including phenoxy) is 1. The summed E-state index contributed by atoms with van der Waals surface area (Å²) in [5.41, 5.74) is 0.639. The summed E-state index contributed by atoms with van der Waals surface area (Å²) in [7, 11) is -3.15. The van der Waals surface area contributed by atoms with Crippen LogP contribution in [0.3, 0.4) is 0 Å². The summed E-state index contributed by atoms with van der Waals surface area (Å²) in [5, 5.41) is 3.73. The molecule has 2 aliphatic rings. The summed E-state index contributed by atoms with van der Waals surface area (Å²) in [4.78, 5) is 16.7. The summed E-state index contributed by atoms with van der Waals surface area (Å²) < 4.78 is 28.7. The standard InChI is InChI=1S/C23H37N3O4S/c1-23(2,3)30-22(27)26-13-9-18(10-14-26)17-24-19-11-15-25(16-12-19)20-5-7-21(8-6-20)31(4,28)29/h5-8,18-19,24H,9-17H2,1-4H3. The second-order valence-electron chi connectivity index (χ2n) is 9.85. The zero-order valence-corrected chi connectivity index (χ0v) is 20.1. The van der Waals surface area contributed by atoms with E-state index in [9.17, 15) is 13.2 Å². The Balaban J connectivity index is 1.37. The summed E-state index contributed by atoms with van der Waals surface area (Å²) in [6, 6.07) is 7.71. The van der Waals surface area contributed by atoms with Crippen molar-refractivity contribution in [3.63, 3.8) is 0 Å². The number of carbonyl (C=O) groups is 1. The lowest BCUT2D eigenvalue weighted by Gasteiger charge is -2.36.